The lowest BCUT2D eigenvalue weighted by Crippen LogP contribution is -2.18. The van der Waals surface area contributed by atoms with Gasteiger partial charge in [-0.3, -0.25) is 4.79 Å². The highest BCUT2D eigenvalue weighted by Gasteiger charge is 2.18. The summed E-state index contributed by atoms with van der Waals surface area (Å²) in [6.07, 6.45) is 2.58. The van der Waals surface area contributed by atoms with Crippen LogP contribution in [0.5, 0.6) is 0 Å². The van der Waals surface area contributed by atoms with Crippen molar-refractivity contribution in [3.63, 3.8) is 0 Å². The summed E-state index contributed by atoms with van der Waals surface area (Å²) in [5.74, 6) is 1.06. The molecule has 2 aromatic rings. The Labute approximate surface area is 122 Å². The average Bonchev–Trinajstić information content (AvgIpc) is 2.50. The van der Waals surface area contributed by atoms with Gasteiger partial charge in [-0.25, -0.2) is 0 Å². The molecule has 0 saturated heterocycles. The molecule has 2 rings (SSSR count). The predicted molar refractivity (Wildman–Crippen MR) is 85.9 cm³/mol. The maximum atomic E-state index is 12.2. The number of hydrogen-bond acceptors (Lipinski definition) is 1. The summed E-state index contributed by atoms with van der Waals surface area (Å²) in [5.41, 5.74) is 1.26. The van der Waals surface area contributed by atoms with Crippen molar-refractivity contribution in [3.8, 4) is 0 Å². The van der Waals surface area contributed by atoms with E-state index in [1.807, 2.05) is 0 Å². The van der Waals surface area contributed by atoms with Gasteiger partial charge in [-0.05, 0) is 28.7 Å². The molecule has 0 aliphatic heterocycles. The summed E-state index contributed by atoms with van der Waals surface area (Å²) < 4.78 is 0. The molecule has 20 heavy (non-hydrogen) atoms. The van der Waals surface area contributed by atoms with Gasteiger partial charge in [0.1, 0.15) is 5.78 Å². The van der Waals surface area contributed by atoms with E-state index in [-0.39, 0.29) is 5.92 Å². The highest BCUT2D eigenvalue weighted by Crippen LogP contribution is 2.20. The number of Topliss-reactive ketones (excluding diaryl/α,β-unsaturated/α-hetero) is 1. The lowest BCUT2D eigenvalue weighted by molar-refractivity contribution is -0.123. The third-order valence-corrected chi connectivity index (χ3v) is 4.48. The Morgan fingerprint density at radius 1 is 1.05 bits per heavy atom. The Kier molecular flexibility index (Phi) is 4.94. The molecule has 0 amide bonds. The van der Waals surface area contributed by atoms with Crippen molar-refractivity contribution in [2.75, 3.05) is 0 Å². The minimum atomic E-state index is 0.181. The molecule has 0 aliphatic carbocycles. The Hall–Kier alpha value is -1.63. The molecular weight excluding hydrogens is 244 g/mol. The van der Waals surface area contributed by atoms with E-state index in [0.717, 1.165) is 12.8 Å². The molecule has 0 bridgehead atoms. The van der Waals surface area contributed by atoms with Crippen LogP contribution in [0.3, 0.4) is 0 Å². The van der Waals surface area contributed by atoms with E-state index in [2.05, 4.69) is 63.2 Å². The average molecular weight is 268 g/mol. The predicted octanol–water partition coefficient (Wildman–Crippen LogP) is 5.02. The Morgan fingerprint density at radius 3 is 2.45 bits per heavy atom. The van der Waals surface area contributed by atoms with Crippen LogP contribution in [0.25, 0.3) is 10.8 Å². The first kappa shape index (κ1) is 14.8. The van der Waals surface area contributed by atoms with E-state index in [0.29, 0.717) is 18.1 Å². The van der Waals surface area contributed by atoms with E-state index < -0.39 is 0 Å². The first-order valence-corrected chi connectivity index (χ1v) is 7.62. The van der Waals surface area contributed by atoms with E-state index in [1.54, 1.807) is 0 Å². The topological polar surface area (TPSA) is 17.1 Å². The molecule has 2 aromatic carbocycles. The molecule has 1 heteroatoms. The van der Waals surface area contributed by atoms with Gasteiger partial charge in [-0.1, -0.05) is 69.7 Å². The number of benzene rings is 2. The number of aryl methyl sites for hydroxylation is 1. The fraction of sp³-hybridized carbons (Fsp3) is 0.421. The largest absolute Gasteiger partial charge is 0.299 e. The van der Waals surface area contributed by atoms with Gasteiger partial charge in [0.25, 0.3) is 0 Å². The van der Waals surface area contributed by atoms with Crippen LogP contribution in [0, 0.1) is 11.8 Å². The van der Waals surface area contributed by atoms with Crippen LogP contribution >= 0.6 is 0 Å². The van der Waals surface area contributed by atoms with Gasteiger partial charge in [0, 0.05) is 12.3 Å². The number of hydrogen-bond donors (Lipinski definition) is 0. The van der Waals surface area contributed by atoms with E-state index in [9.17, 15) is 4.79 Å². The van der Waals surface area contributed by atoms with Crippen molar-refractivity contribution in [1.82, 2.24) is 0 Å². The molecule has 0 aliphatic rings. The summed E-state index contributed by atoms with van der Waals surface area (Å²) >= 11 is 0. The minimum Gasteiger partial charge on any atom is -0.299 e. The van der Waals surface area contributed by atoms with E-state index in [1.165, 1.54) is 16.3 Å². The second-order valence-electron chi connectivity index (χ2n) is 5.82. The molecule has 0 heterocycles. The molecule has 0 radical (unpaired) electrons. The molecule has 0 spiro atoms. The molecule has 0 N–H and O–H groups in total. The minimum absolute atomic E-state index is 0.181. The van der Waals surface area contributed by atoms with Crippen molar-refractivity contribution in [2.45, 2.75) is 40.0 Å². The highest BCUT2D eigenvalue weighted by molar-refractivity contribution is 5.84. The molecule has 1 nitrogen and oxygen atoms in total. The molecule has 2 atom stereocenters. The summed E-state index contributed by atoms with van der Waals surface area (Å²) in [6.45, 7) is 6.38. The summed E-state index contributed by atoms with van der Waals surface area (Å²) in [7, 11) is 0. The van der Waals surface area contributed by atoms with Crippen molar-refractivity contribution in [3.05, 3.63) is 48.0 Å². The van der Waals surface area contributed by atoms with Crippen LogP contribution in [0.15, 0.2) is 42.5 Å². The third kappa shape index (κ3) is 3.47. The van der Waals surface area contributed by atoms with Crippen LogP contribution < -0.4 is 0 Å². The Balaban J connectivity index is 2.00. The lowest BCUT2D eigenvalue weighted by Gasteiger charge is -2.16. The van der Waals surface area contributed by atoms with Gasteiger partial charge in [-0.15, -0.1) is 0 Å². The van der Waals surface area contributed by atoms with Crippen LogP contribution in [-0.4, -0.2) is 5.78 Å². The smallest absolute Gasteiger partial charge is 0.136 e. The van der Waals surface area contributed by atoms with E-state index >= 15 is 0 Å². The SMILES string of the molecule is CCC(C)C(C)C(=O)CCc1ccc2ccccc2c1. The number of carbonyl (C=O) groups excluding carboxylic acids is 1. The standard InChI is InChI=1S/C19H24O/c1-4-14(2)15(3)19(20)12-10-16-9-11-17-7-5-6-8-18(17)13-16/h5-9,11,13-15H,4,10,12H2,1-3H3. The first-order chi connectivity index (χ1) is 9.61. The molecule has 106 valence electrons. The van der Waals surface area contributed by atoms with Gasteiger partial charge < -0.3 is 0 Å². The lowest BCUT2D eigenvalue weighted by atomic mass is 9.87. The van der Waals surface area contributed by atoms with Gasteiger partial charge in [0.2, 0.25) is 0 Å². The van der Waals surface area contributed by atoms with Crippen molar-refractivity contribution in [2.24, 2.45) is 11.8 Å². The highest BCUT2D eigenvalue weighted by atomic mass is 16.1. The normalized spacial score (nSPS) is 14.2. The van der Waals surface area contributed by atoms with Crippen LogP contribution in [0.1, 0.15) is 39.2 Å². The summed E-state index contributed by atoms with van der Waals surface area (Å²) in [4.78, 5) is 12.2. The second-order valence-corrected chi connectivity index (χ2v) is 5.82. The monoisotopic (exact) mass is 268 g/mol. The van der Waals surface area contributed by atoms with Crippen molar-refractivity contribution >= 4 is 16.6 Å². The first-order valence-electron chi connectivity index (χ1n) is 7.62. The van der Waals surface area contributed by atoms with Gasteiger partial charge in [0.15, 0.2) is 0 Å². The maximum absolute atomic E-state index is 12.2. The molecule has 0 saturated carbocycles. The van der Waals surface area contributed by atoms with Gasteiger partial charge >= 0.3 is 0 Å². The van der Waals surface area contributed by atoms with Crippen LogP contribution in [-0.2, 0) is 11.2 Å². The summed E-state index contributed by atoms with van der Waals surface area (Å²) in [5, 5.41) is 2.52. The Morgan fingerprint density at radius 2 is 1.75 bits per heavy atom. The third-order valence-electron chi connectivity index (χ3n) is 4.48. The van der Waals surface area contributed by atoms with Crippen LogP contribution in [0.2, 0.25) is 0 Å². The Bertz CT molecular complexity index is 585. The molecule has 0 fully saturated rings. The zero-order chi connectivity index (χ0) is 14.5. The fourth-order valence-electron chi connectivity index (χ4n) is 2.56. The number of carbonyl (C=O) groups is 1. The number of rotatable bonds is 6. The fourth-order valence-corrected chi connectivity index (χ4v) is 2.56. The van der Waals surface area contributed by atoms with E-state index in [4.69, 9.17) is 0 Å². The second kappa shape index (κ2) is 6.69. The number of fused-ring (bicyclic) bond motifs is 1. The zero-order valence-corrected chi connectivity index (χ0v) is 12.7. The van der Waals surface area contributed by atoms with Gasteiger partial charge in [-0.2, -0.15) is 0 Å². The molecular formula is C19H24O. The van der Waals surface area contributed by atoms with Crippen molar-refractivity contribution in [1.29, 1.82) is 0 Å². The quantitative estimate of drug-likeness (QED) is 0.718. The maximum Gasteiger partial charge on any atom is 0.136 e. The molecule has 2 unspecified atom stereocenters. The molecule has 0 aromatic heterocycles. The zero-order valence-electron chi connectivity index (χ0n) is 12.7. The van der Waals surface area contributed by atoms with Crippen LogP contribution in [0.4, 0.5) is 0 Å². The summed E-state index contributed by atoms with van der Waals surface area (Å²) in [6, 6.07) is 14.9. The number of ketones is 1. The van der Waals surface area contributed by atoms with Crippen molar-refractivity contribution < 1.29 is 4.79 Å². The van der Waals surface area contributed by atoms with Gasteiger partial charge in [0.05, 0.1) is 0 Å².